The molecule has 3 aromatic rings. The highest BCUT2D eigenvalue weighted by Crippen LogP contribution is 2.42. The third-order valence-corrected chi connectivity index (χ3v) is 9.51. The summed E-state index contributed by atoms with van der Waals surface area (Å²) in [5, 5.41) is 11.4. The van der Waals surface area contributed by atoms with Crippen LogP contribution < -0.4 is 14.9 Å². The molecule has 2 aliphatic carbocycles. The maximum atomic E-state index is 13.4. The standard InChI is InChI=1S/C22H25F2N7O2S2/c1-12-26-16-14(17(27-12)19-28-29-20(34-19)18(23)24)9-13(35(32,33)30-21(2)3-4-21)10-15(16)31-8-7-25-22(11-31)5-6-22/h9-10,18,25,30H,3-8,11H2,1-2H3. The van der Waals surface area contributed by atoms with Gasteiger partial charge in [0.15, 0.2) is 10.0 Å². The minimum Gasteiger partial charge on any atom is -0.367 e. The second-order valence-electron chi connectivity index (χ2n) is 10.00. The highest BCUT2D eigenvalue weighted by Gasteiger charge is 2.46. The molecule has 186 valence electrons. The van der Waals surface area contributed by atoms with Crippen molar-refractivity contribution in [1.29, 1.82) is 0 Å². The van der Waals surface area contributed by atoms with Gasteiger partial charge in [-0.2, -0.15) is 0 Å². The second kappa shape index (κ2) is 7.82. The summed E-state index contributed by atoms with van der Waals surface area (Å²) >= 11 is 0.751. The predicted molar refractivity (Wildman–Crippen MR) is 128 cm³/mol. The number of nitrogens with one attached hydrogen (secondary N) is 2. The van der Waals surface area contributed by atoms with E-state index in [1.54, 1.807) is 13.0 Å². The monoisotopic (exact) mass is 521 g/mol. The molecule has 3 aliphatic rings. The highest BCUT2D eigenvalue weighted by atomic mass is 32.2. The molecule has 0 radical (unpaired) electrons. The van der Waals surface area contributed by atoms with E-state index in [0.717, 1.165) is 50.1 Å². The number of aromatic nitrogens is 4. The molecule has 0 amide bonds. The molecule has 1 saturated heterocycles. The molecule has 35 heavy (non-hydrogen) atoms. The van der Waals surface area contributed by atoms with Crippen molar-refractivity contribution in [2.75, 3.05) is 24.5 Å². The summed E-state index contributed by atoms with van der Waals surface area (Å²) in [5.74, 6) is 0.443. The van der Waals surface area contributed by atoms with Crippen LogP contribution in [0.2, 0.25) is 0 Å². The van der Waals surface area contributed by atoms with Gasteiger partial charge in [0.1, 0.15) is 11.5 Å². The number of anilines is 1. The number of sulfonamides is 1. The molecule has 3 fully saturated rings. The number of piperazine rings is 1. The number of hydrogen-bond donors (Lipinski definition) is 2. The van der Waals surface area contributed by atoms with Crippen molar-refractivity contribution in [3.05, 3.63) is 23.0 Å². The molecule has 2 aromatic heterocycles. The lowest BCUT2D eigenvalue weighted by atomic mass is 10.1. The zero-order valence-corrected chi connectivity index (χ0v) is 20.9. The van der Waals surface area contributed by atoms with Crippen LogP contribution in [0.5, 0.6) is 0 Å². The van der Waals surface area contributed by atoms with Gasteiger partial charge in [0.05, 0.1) is 16.1 Å². The molecule has 6 rings (SSSR count). The van der Waals surface area contributed by atoms with Crippen LogP contribution in [0.3, 0.4) is 0 Å². The van der Waals surface area contributed by atoms with Crippen LogP contribution in [-0.4, -0.2) is 59.3 Å². The van der Waals surface area contributed by atoms with E-state index >= 15 is 0 Å². The Balaban J connectivity index is 1.56. The molecule has 0 bridgehead atoms. The Morgan fingerprint density at radius 2 is 1.94 bits per heavy atom. The first kappa shape index (κ1) is 23.1. The zero-order chi connectivity index (χ0) is 24.6. The summed E-state index contributed by atoms with van der Waals surface area (Å²) in [7, 11) is -3.84. The first-order chi connectivity index (χ1) is 16.6. The first-order valence-electron chi connectivity index (χ1n) is 11.5. The molecule has 13 heteroatoms. The van der Waals surface area contributed by atoms with E-state index < -0.39 is 27.0 Å². The Kier molecular flexibility index (Phi) is 5.16. The van der Waals surface area contributed by atoms with Crippen molar-refractivity contribution in [1.82, 2.24) is 30.2 Å². The first-order valence-corrected chi connectivity index (χ1v) is 13.8. The summed E-state index contributed by atoms with van der Waals surface area (Å²) in [6.45, 7) is 5.81. The lowest BCUT2D eigenvalue weighted by Crippen LogP contribution is -2.52. The van der Waals surface area contributed by atoms with Crippen LogP contribution >= 0.6 is 11.3 Å². The average Bonchev–Trinajstić information content (AvgIpc) is 3.66. The number of halogens is 2. The fraction of sp³-hybridized carbons (Fsp3) is 0.545. The van der Waals surface area contributed by atoms with Crippen LogP contribution in [0.4, 0.5) is 14.5 Å². The van der Waals surface area contributed by atoms with Gasteiger partial charge >= 0.3 is 0 Å². The van der Waals surface area contributed by atoms with Crippen LogP contribution in [0.25, 0.3) is 21.6 Å². The molecule has 1 aliphatic heterocycles. The largest absolute Gasteiger partial charge is 0.367 e. The van der Waals surface area contributed by atoms with Crippen LogP contribution in [-0.2, 0) is 10.0 Å². The maximum absolute atomic E-state index is 13.4. The fourth-order valence-electron chi connectivity index (χ4n) is 4.60. The van der Waals surface area contributed by atoms with Gasteiger partial charge in [-0.05, 0) is 51.7 Å². The Morgan fingerprint density at radius 3 is 2.60 bits per heavy atom. The Bertz CT molecular complexity index is 1440. The molecule has 1 spiro atoms. The maximum Gasteiger partial charge on any atom is 0.291 e. The lowest BCUT2D eigenvalue weighted by Gasteiger charge is -2.36. The summed E-state index contributed by atoms with van der Waals surface area (Å²) in [6, 6.07) is 3.21. The van der Waals surface area contributed by atoms with E-state index in [0.29, 0.717) is 34.7 Å². The number of aryl methyl sites for hydroxylation is 1. The van der Waals surface area contributed by atoms with E-state index in [4.69, 9.17) is 0 Å². The van der Waals surface area contributed by atoms with E-state index in [9.17, 15) is 17.2 Å². The van der Waals surface area contributed by atoms with E-state index in [1.165, 1.54) is 6.07 Å². The van der Waals surface area contributed by atoms with Gasteiger partial charge in [-0.1, -0.05) is 11.3 Å². The van der Waals surface area contributed by atoms with Gasteiger partial charge in [0.2, 0.25) is 10.0 Å². The lowest BCUT2D eigenvalue weighted by molar-refractivity contribution is 0.150. The molecular formula is C22H25F2N7O2S2. The number of alkyl halides is 2. The normalized spacial score (nSPS) is 20.7. The summed E-state index contributed by atoms with van der Waals surface area (Å²) in [6.07, 6.45) is 0.948. The van der Waals surface area contributed by atoms with Crippen molar-refractivity contribution in [3.63, 3.8) is 0 Å². The fourth-order valence-corrected chi connectivity index (χ4v) is 6.81. The molecule has 1 aromatic carbocycles. The molecule has 2 saturated carbocycles. The average molecular weight is 522 g/mol. The summed E-state index contributed by atoms with van der Waals surface area (Å²) in [4.78, 5) is 11.4. The van der Waals surface area contributed by atoms with Crippen molar-refractivity contribution in [2.24, 2.45) is 0 Å². The number of rotatable bonds is 6. The SMILES string of the molecule is Cc1nc(-c2nnc(C(F)F)s2)c2cc(S(=O)(=O)NC3(C)CC3)cc(N3CCNC4(CC4)C3)c2n1. The van der Waals surface area contributed by atoms with Crippen LogP contribution in [0.1, 0.15) is 49.9 Å². The molecule has 3 heterocycles. The van der Waals surface area contributed by atoms with Crippen LogP contribution in [0, 0.1) is 6.92 Å². The van der Waals surface area contributed by atoms with Gasteiger partial charge in [-0.15, -0.1) is 10.2 Å². The van der Waals surface area contributed by atoms with Gasteiger partial charge in [0.25, 0.3) is 6.43 Å². The molecule has 9 nitrogen and oxygen atoms in total. The Hall–Kier alpha value is -2.35. The molecule has 2 N–H and O–H groups in total. The highest BCUT2D eigenvalue weighted by molar-refractivity contribution is 7.89. The van der Waals surface area contributed by atoms with Gasteiger partial charge in [-0.25, -0.2) is 31.9 Å². The predicted octanol–water partition coefficient (Wildman–Crippen LogP) is 3.17. The van der Waals surface area contributed by atoms with Crippen molar-refractivity contribution < 1.29 is 17.2 Å². The zero-order valence-electron chi connectivity index (χ0n) is 19.3. The van der Waals surface area contributed by atoms with E-state index in [2.05, 4.69) is 35.1 Å². The van der Waals surface area contributed by atoms with E-state index in [-0.39, 0.29) is 15.4 Å². The number of fused-ring (bicyclic) bond motifs is 1. The van der Waals surface area contributed by atoms with Crippen molar-refractivity contribution in [2.45, 2.75) is 61.9 Å². The third kappa shape index (κ3) is 4.28. The third-order valence-electron chi connectivity index (χ3n) is 6.96. The number of hydrogen-bond acceptors (Lipinski definition) is 9. The van der Waals surface area contributed by atoms with Gasteiger partial charge in [-0.3, -0.25) is 0 Å². The van der Waals surface area contributed by atoms with Crippen molar-refractivity contribution in [3.8, 4) is 10.7 Å². The molecule has 0 unspecified atom stereocenters. The quantitative estimate of drug-likeness (QED) is 0.509. The Morgan fingerprint density at radius 1 is 1.17 bits per heavy atom. The summed E-state index contributed by atoms with van der Waals surface area (Å²) < 4.78 is 56.1. The van der Waals surface area contributed by atoms with Gasteiger partial charge in [0, 0.05) is 36.1 Å². The minimum absolute atomic E-state index is 0.0511. The molecular weight excluding hydrogens is 496 g/mol. The molecule has 0 atom stereocenters. The number of nitrogens with zero attached hydrogens (tertiary/aromatic N) is 5. The van der Waals surface area contributed by atoms with Gasteiger partial charge < -0.3 is 10.2 Å². The second-order valence-corrected chi connectivity index (χ2v) is 12.7. The summed E-state index contributed by atoms with van der Waals surface area (Å²) in [5.41, 5.74) is 1.19. The minimum atomic E-state index is -3.84. The topological polar surface area (TPSA) is 113 Å². The Labute approximate surface area is 205 Å². The smallest absolute Gasteiger partial charge is 0.291 e. The number of benzene rings is 1. The van der Waals surface area contributed by atoms with Crippen molar-refractivity contribution >= 4 is 38.0 Å². The van der Waals surface area contributed by atoms with Crippen LogP contribution in [0.15, 0.2) is 17.0 Å². The van der Waals surface area contributed by atoms with E-state index in [1.807, 2.05) is 6.92 Å².